The van der Waals surface area contributed by atoms with Gasteiger partial charge in [0.1, 0.15) is 11.6 Å². The molecule has 0 radical (unpaired) electrons. The van der Waals surface area contributed by atoms with Crippen molar-refractivity contribution in [2.45, 2.75) is 32.2 Å². The molecular weight excluding hydrogens is 522 g/mol. The number of carbonyl (C=O) groups excluding carboxylic acids is 2. The first kappa shape index (κ1) is 26.5. The minimum atomic E-state index is -0.463. The summed E-state index contributed by atoms with van der Waals surface area (Å²) >= 11 is 0. The summed E-state index contributed by atoms with van der Waals surface area (Å²) in [5.74, 6) is 0.955. The molecule has 10 heteroatoms. The lowest BCUT2D eigenvalue weighted by atomic mass is 9.97. The molecule has 212 valence electrons. The summed E-state index contributed by atoms with van der Waals surface area (Å²) in [4.78, 5) is 42.8. The van der Waals surface area contributed by atoms with E-state index in [4.69, 9.17) is 9.15 Å². The number of allylic oxidation sites excluding steroid dienone is 3. The predicted octanol–water partition coefficient (Wildman–Crippen LogP) is 4.07. The zero-order chi connectivity index (χ0) is 28.8. The largest absolute Gasteiger partial charge is 0.497 e. The number of hydrogen-bond acceptors (Lipinski definition) is 7. The number of dihydropyridines is 1. The lowest BCUT2D eigenvalue weighted by Crippen LogP contribution is -2.49. The van der Waals surface area contributed by atoms with E-state index < -0.39 is 5.76 Å². The Morgan fingerprint density at radius 1 is 1.07 bits per heavy atom. The maximum atomic E-state index is 13.5. The molecule has 1 aromatic heterocycles. The number of nitrogens with zero attached hydrogens (tertiary/aromatic N) is 3. The molecule has 3 aliphatic rings. The van der Waals surface area contributed by atoms with Crippen molar-refractivity contribution >= 4 is 28.6 Å². The van der Waals surface area contributed by atoms with Gasteiger partial charge in [0, 0.05) is 55.2 Å². The molecule has 0 atom stereocenters. The molecule has 2 aromatic carbocycles. The number of methoxy groups -OCH3 is 1. The van der Waals surface area contributed by atoms with Crippen molar-refractivity contribution in [3.63, 3.8) is 0 Å². The van der Waals surface area contributed by atoms with Crippen LogP contribution in [0.4, 0.5) is 10.5 Å². The fourth-order valence-corrected chi connectivity index (χ4v) is 6.04. The van der Waals surface area contributed by atoms with Gasteiger partial charge in [-0.1, -0.05) is 6.58 Å². The number of oxazole rings is 1. The highest BCUT2D eigenvalue weighted by Crippen LogP contribution is 2.29. The van der Waals surface area contributed by atoms with E-state index in [1.54, 1.807) is 32.4 Å². The van der Waals surface area contributed by atoms with Crippen LogP contribution in [0.15, 0.2) is 75.4 Å². The normalized spacial score (nSPS) is 17.8. The second-order valence-corrected chi connectivity index (χ2v) is 10.8. The Bertz CT molecular complexity index is 1700. The number of amides is 2. The molecule has 0 spiro atoms. The molecule has 0 bridgehead atoms. The molecule has 1 saturated heterocycles. The molecule has 1 fully saturated rings. The lowest BCUT2D eigenvalue weighted by molar-refractivity contribution is 0.103. The van der Waals surface area contributed by atoms with Crippen LogP contribution in [0.25, 0.3) is 11.1 Å². The molecule has 6 rings (SSSR count). The maximum Gasteiger partial charge on any atom is 0.419 e. The van der Waals surface area contributed by atoms with Crippen LogP contribution in [-0.4, -0.2) is 59.0 Å². The number of piperidine rings is 1. The summed E-state index contributed by atoms with van der Waals surface area (Å²) in [7, 11) is 3.29. The summed E-state index contributed by atoms with van der Waals surface area (Å²) in [6.45, 7) is 8.02. The number of aryl methyl sites for hydroxylation is 2. The van der Waals surface area contributed by atoms with Crippen molar-refractivity contribution in [3.05, 3.63) is 93.4 Å². The Labute approximate surface area is 237 Å². The number of likely N-dealkylation sites (tertiary alicyclic amines) is 1. The average Bonchev–Trinajstić information content (AvgIpc) is 3.15. The van der Waals surface area contributed by atoms with E-state index in [-0.39, 0.29) is 17.9 Å². The van der Waals surface area contributed by atoms with E-state index in [0.29, 0.717) is 34.5 Å². The Morgan fingerprint density at radius 2 is 1.85 bits per heavy atom. The first-order chi connectivity index (χ1) is 19.7. The van der Waals surface area contributed by atoms with Crippen LogP contribution < -0.4 is 21.1 Å². The van der Waals surface area contributed by atoms with Gasteiger partial charge < -0.3 is 29.6 Å². The highest BCUT2D eigenvalue weighted by molar-refractivity contribution is 6.12. The van der Waals surface area contributed by atoms with Crippen LogP contribution in [0.5, 0.6) is 5.75 Å². The van der Waals surface area contributed by atoms with Gasteiger partial charge in [0.25, 0.3) is 0 Å². The topological polar surface area (TPSA) is 109 Å². The second kappa shape index (κ2) is 10.3. The van der Waals surface area contributed by atoms with Gasteiger partial charge in [-0.25, -0.2) is 9.59 Å². The molecule has 2 N–H and O–H groups in total. The van der Waals surface area contributed by atoms with Crippen molar-refractivity contribution in [1.29, 1.82) is 0 Å². The third-order valence-electron chi connectivity index (χ3n) is 8.19. The Morgan fingerprint density at radius 3 is 2.61 bits per heavy atom. The molecule has 0 unspecified atom stereocenters. The molecule has 3 aliphatic heterocycles. The standard InChI is InChI=1S/C31H33N5O5/c1-18-13-21(16-26-28(18)34(3)31(39)41-26)29(37)22-14-19(2)32-27(17-22)35-10-8-23(9-11-35)36-12-7-20-15-24(40-4)5-6-25(20)33-30(36)38/h5-6,13-17,23,32H,2,7-12H2,1,3-4H3,(H,33,38). The van der Waals surface area contributed by atoms with Crippen molar-refractivity contribution < 1.29 is 18.7 Å². The van der Waals surface area contributed by atoms with Crippen molar-refractivity contribution in [2.75, 3.05) is 32.1 Å². The van der Waals surface area contributed by atoms with Gasteiger partial charge in [-0.05, 0) is 79.8 Å². The van der Waals surface area contributed by atoms with Crippen LogP contribution in [0.2, 0.25) is 0 Å². The van der Waals surface area contributed by atoms with Gasteiger partial charge in [-0.3, -0.25) is 9.36 Å². The highest BCUT2D eigenvalue weighted by atomic mass is 16.5. The summed E-state index contributed by atoms with van der Waals surface area (Å²) in [6.07, 6.45) is 5.93. The highest BCUT2D eigenvalue weighted by Gasteiger charge is 2.31. The molecule has 2 amide bonds. The number of urea groups is 1. The molecule has 0 aliphatic carbocycles. The number of ether oxygens (including phenoxy) is 1. The van der Waals surface area contributed by atoms with E-state index in [1.165, 1.54) is 4.57 Å². The maximum absolute atomic E-state index is 13.5. The molecule has 4 heterocycles. The van der Waals surface area contributed by atoms with E-state index in [2.05, 4.69) is 22.1 Å². The number of fused-ring (bicyclic) bond motifs is 2. The van der Waals surface area contributed by atoms with E-state index in [9.17, 15) is 14.4 Å². The average molecular weight is 556 g/mol. The number of hydrogen-bond donors (Lipinski definition) is 2. The first-order valence-electron chi connectivity index (χ1n) is 13.8. The van der Waals surface area contributed by atoms with Crippen LogP contribution in [0.1, 0.15) is 34.3 Å². The number of carbonyl (C=O) groups is 2. The zero-order valence-electron chi connectivity index (χ0n) is 23.5. The SMILES string of the molecule is C=C1C=C(C(=O)c2cc(C)c3c(c2)oc(=O)n3C)C=C(N2CCC(N3CCc4cc(OC)ccc4NC3=O)CC2)N1. The van der Waals surface area contributed by atoms with Crippen molar-refractivity contribution in [1.82, 2.24) is 19.7 Å². The van der Waals surface area contributed by atoms with Crippen molar-refractivity contribution in [3.8, 4) is 5.75 Å². The van der Waals surface area contributed by atoms with Gasteiger partial charge in [0.05, 0.1) is 12.6 Å². The molecule has 0 saturated carbocycles. The lowest BCUT2D eigenvalue weighted by Gasteiger charge is -2.40. The molecule has 3 aromatic rings. The zero-order valence-corrected chi connectivity index (χ0v) is 23.5. The number of rotatable bonds is 5. The third-order valence-corrected chi connectivity index (χ3v) is 8.19. The molecule has 41 heavy (non-hydrogen) atoms. The summed E-state index contributed by atoms with van der Waals surface area (Å²) in [5.41, 5.74) is 5.33. The van der Waals surface area contributed by atoms with Gasteiger partial charge in [0.2, 0.25) is 0 Å². The number of Topliss-reactive ketones (excluding diaryl/α,β-unsaturated/α-hetero) is 1. The van der Waals surface area contributed by atoms with Crippen LogP contribution >= 0.6 is 0 Å². The first-order valence-corrected chi connectivity index (χ1v) is 13.8. The van der Waals surface area contributed by atoms with Gasteiger partial charge in [0.15, 0.2) is 11.4 Å². The smallest absolute Gasteiger partial charge is 0.419 e. The van der Waals surface area contributed by atoms with E-state index in [0.717, 1.165) is 60.7 Å². The van der Waals surface area contributed by atoms with Gasteiger partial charge >= 0.3 is 11.8 Å². The second-order valence-electron chi connectivity index (χ2n) is 10.8. The predicted molar refractivity (Wildman–Crippen MR) is 156 cm³/mol. The van der Waals surface area contributed by atoms with Crippen LogP contribution in [0.3, 0.4) is 0 Å². The molecular formula is C31H33N5O5. The summed E-state index contributed by atoms with van der Waals surface area (Å²) in [5, 5.41) is 6.37. The van der Waals surface area contributed by atoms with Crippen molar-refractivity contribution in [2.24, 2.45) is 7.05 Å². The van der Waals surface area contributed by atoms with E-state index in [1.807, 2.05) is 36.1 Å². The minimum Gasteiger partial charge on any atom is -0.497 e. The van der Waals surface area contributed by atoms with E-state index >= 15 is 0 Å². The summed E-state index contributed by atoms with van der Waals surface area (Å²) in [6, 6.07) is 9.18. The molecule has 10 nitrogen and oxygen atoms in total. The summed E-state index contributed by atoms with van der Waals surface area (Å²) < 4.78 is 12.1. The number of anilines is 1. The quantitative estimate of drug-likeness (QED) is 0.457. The number of nitrogens with one attached hydrogen (secondary N) is 2. The van der Waals surface area contributed by atoms with Crippen LogP contribution in [0, 0.1) is 6.92 Å². The van der Waals surface area contributed by atoms with Crippen LogP contribution in [-0.2, 0) is 13.5 Å². The van der Waals surface area contributed by atoms with Gasteiger partial charge in [-0.15, -0.1) is 0 Å². The number of ketones is 1. The Balaban J connectivity index is 1.15. The Hall–Kier alpha value is -4.73. The minimum absolute atomic E-state index is 0.0759. The monoisotopic (exact) mass is 555 g/mol. The third kappa shape index (κ3) is 4.90. The number of benzene rings is 2. The Kier molecular flexibility index (Phi) is 6.69. The van der Waals surface area contributed by atoms with Gasteiger partial charge in [-0.2, -0.15) is 0 Å². The fourth-order valence-electron chi connectivity index (χ4n) is 6.04. The number of aromatic nitrogens is 1. The fraction of sp³-hybridized carbons (Fsp3) is 0.323.